The number of carbonyl (C=O) groups is 3. The molecule has 0 saturated carbocycles. The van der Waals surface area contributed by atoms with Gasteiger partial charge in [0.1, 0.15) is 30.5 Å². The standard InChI is InChI=1S/C36H42Cl2N8O5.ClH/c1-20(39-4)33(47)45-31(35(49)46-34(48)27-10-8-12-41-27)36(2,3)17-21-13-24-28(16-29(21)50-5)42-19-43-32(24)44-23-14-25(37)30(26(38)15-23)51-18-22-9-6-7-11-40-22;/h6-7,9,11,13-16,19-20,27,31,39,41H,8,10,12,17-18H2,1-5H3,(H,45,47)(H,42,43,44)(H,46,48,49);1H/t20-,27-,31+;/m0./s1. The molecule has 0 radical (unpaired) electrons. The molecule has 52 heavy (non-hydrogen) atoms. The van der Waals surface area contributed by atoms with Gasteiger partial charge in [-0.15, -0.1) is 12.4 Å². The average Bonchev–Trinajstić information content (AvgIpc) is 3.65. The third-order valence-corrected chi connectivity index (χ3v) is 9.38. The van der Waals surface area contributed by atoms with Crippen LogP contribution in [0.1, 0.15) is 44.9 Å². The monoisotopic (exact) mass is 772 g/mol. The van der Waals surface area contributed by atoms with Gasteiger partial charge in [0.2, 0.25) is 17.7 Å². The fourth-order valence-corrected chi connectivity index (χ4v) is 6.49. The Morgan fingerprint density at radius 3 is 2.44 bits per heavy atom. The molecule has 0 unspecified atom stereocenters. The van der Waals surface area contributed by atoms with Crippen molar-refractivity contribution in [3.63, 3.8) is 0 Å². The maximum absolute atomic E-state index is 13.7. The summed E-state index contributed by atoms with van der Waals surface area (Å²) in [6.45, 7) is 6.29. The fourth-order valence-electron chi connectivity index (χ4n) is 5.89. The van der Waals surface area contributed by atoms with E-state index in [1.807, 2.05) is 38.1 Å². The summed E-state index contributed by atoms with van der Waals surface area (Å²) in [5.41, 5.74) is 1.70. The van der Waals surface area contributed by atoms with E-state index in [0.717, 1.165) is 17.7 Å². The molecule has 13 nitrogen and oxygen atoms in total. The minimum absolute atomic E-state index is 0. The molecule has 1 fully saturated rings. The number of amides is 3. The highest BCUT2D eigenvalue weighted by Gasteiger charge is 2.39. The van der Waals surface area contributed by atoms with Gasteiger partial charge in [0.05, 0.1) is 40.4 Å². The van der Waals surface area contributed by atoms with Crippen LogP contribution in [0.5, 0.6) is 11.5 Å². The summed E-state index contributed by atoms with van der Waals surface area (Å²) in [4.78, 5) is 52.9. The molecule has 2 aromatic heterocycles. The summed E-state index contributed by atoms with van der Waals surface area (Å²) in [7, 11) is 3.20. The molecule has 16 heteroatoms. The Kier molecular flexibility index (Phi) is 14.0. The first-order valence-corrected chi connectivity index (χ1v) is 17.3. The Balaban J connectivity index is 0.00000605. The van der Waals surface area contributed by atoms with Gasteiger partial charge in [0.25, 0.3) is 0 Å². The van der Waals surface area contributed by atoms with E-state index in [9.17, 15) is 14.4 Å². The first-order valence-electron chi connectivity index (χ1n) is 16.6. The van der Waals surface area contributed by atoms with Crippen molar-refractivity contribution in [3.05, 3.63) is 76.3 Å². The number of carbonyl (C=O) groups excluding carboxylic acids is 3. The van der Waals surface area contributed by atoms with Gasteiger partial charge >= 0.3 is 0 Å². The Morgan fingerprint density at radius 1 is 1.06 bits per heavy atom. The van der Waals surface area contributed by atoms with E-state index < -0.39 is 35.4 Å². The van der Waals surface area contributed by atoms with E-state index in [4.69, 9.17) is 32.7 Å². The van der Waals surface area contributed by atoms with E-state index in [2.05, 4.69) is 41.5 Å². The number of likely N-dealkylation sites (N-methyl/N-ethyl adjacent to an activating group) is 1. The smallest absolute Gasteiger partial charge is 0.249 e. The predicted molar refractivity (Wildman–Crippen MR) is 204 cm³/mol. The molecular weight excluding hydrogens is 731 g/mol. The van der Waals surface area contributed by atoms with E-state index in [1.165, 1.54) is 6.33 Å². The van der Waals surface area contributed by atoms with Crippen molar-refractivity contribution in [3.8, 4) is 11.5 Å². The second-order valence-corrected chi connectivity index (χ2v) is 13.8. The molecule has 5 N–H and O–H groups in total. The van der Waals surface area contributed by atoms with Gasteiger partial charge in [-0.1, -0.05) is 43.1 Å². The van der Waals surface area contributed by atoms with Crippen molar-refractivity contribution >= 4 is 75.7 Å². The number of nitrogens with one attached hydrogen (secondary N) is 5. The lowest BCUT2D eigenvalue weighted by Gasteiger charge is -2.35. The highest BCUT2D eigenvalue weighted by Crippen LogP contribution is 2.39. The van der Waals surface area contributed by atoms with E-state index in [-0.39, 0.29) is 31.3 Å². The number of pyridine rings is 1. The number of nitrogens with zero attached hydrogens (tertiary/aromatic N) is 3. The number of rotatable bonds is 14. The molecule has 3 atom stereocenters. The molecule has 1 aliphatic rings. The molecule has 0 spiro atoms. The number of benzene rings is 2. The van der Waals surface area contributed by atoms with Crippen molar-refractivity contribution in [1.29, 1.82) is 0 Å². The minimum Gasteiger partial charge on any atom is -0.496 e. The van der Waals surface area contributed by atoms with Gasteiger partial charge in [-0.2, -0.15) is 0 Å². The Labute approximate surface area is 318 Å². The number of hydrogen-bond acceptors (Lipinski definition) is 11. The normalized spacial score (nSPS) is 15.2. The Hall–Kier alpha value is -4.27. The molecule has 4 aromatic rings. The van der Waals surface area contributed by atoms with Crippen LogP contribution in [0.15, 0.2) is 55.0 Å². The maximum atomic E-state index is 13.7. The van der Waals surface area contributed by atoms with Crippen LogP contribution in [0.3, 0.4) is 0 Å². The number of methoxy groups -OCH3 is 1. The zero-order valence-electron chi connectivity index (χ0n) is 29.5. The second kappa shape index (κ2) is 18.0. The van der Waals surface area contributed by atoms with Crippen molar-refractivity contribution in [2.24, 2.45) is 5.41 Å². The van der Waals surface area contributed by atoms with Crippen LogP contribution in [0, 0.1) is 5.41 Å². The number of aromatic nitrogens is 3. The summed E-state index contributed by atoms with van der Waals surface area (Å²) in [5.74, 6) is -0.0714. The summed E-state index contributed by atoms with van der Waals surface area (Å²) in [6, 6.07) is 10.5. The highest BCUT2D eigenvalue weighted by atomic mass is 35.5. The van der Waals surface area contributed by atoms with Crippen LogP contribution < -0.4 is 36.1 Å². The molecule has 0 bridgehead atoms. The number of halogens is 3. The van der Waals surface area contributed by atoms with Gasteiger partial charge in [-0.3, -0.25) is 24.7 Å². The van der Waals surface area contributed by atoms with Crippen LogP contribution in [0.4, 0.5) is 11.5 Å². The van der Waals surface area contributed by atoms with Crippen LogP contribution in [0.25, 0.3) is 10.9 Å². The summed E-state index contributed by atoms with van der Waals surface area (Å²) >= 11 is 13.2. The Morgan fingerprint density at radius 2 is 1.81 bits per heavy atom. The third kappa shape index (κ3) is 9.78. The molecule has 1 aliphatic heterocycles. The van der Waals surface area contributed by atoms with Crippen molar-refractivity contribution in [2.45, 2.75) is 64.8 Å². The van der Waals surface area contributed by atoms with Crippen molar-refractivity contribution in [2.75, 3.05) is 26.0 Å². The molecule has 3 amide bonds. The molecule has 5 rings (SSSR count). The number of imide groups is 1. The molecule has 0 aliphatic carbocycles. The SMILES string of the molecule is CN[C@@H](C)C(=O)N[C@H](C(=O)NC(=O)[C@@H]1CCCN1)C(C)(C)Cc1cc2c(Nc3cc(Cl)c(OCc4ccccn4)c(Cl)c3)ncnc2cc1OC.Cl. The summed E-state index contributed by atoms with van der Waals surface area (Å²) in [6.07, 6.45) is 4.84. The van der Waals surface area contributed by atoms with Crippen LogP contribution >= 0.6 is 35.6 Å². The van der Waals surface area contributed by atoms with E-state index in [1.54, 1.807) is 45.5 Å². The summed E-state index contributed by atoms with van der Waals surface area (Å²) < 4.78 is 11.6. The van der Waals surface area contributed by atoms with E-state index in [0.29, 0.717) is 56.9 Å². The number of anilines is 2. The van der Waals surface area contributed by atoms with Gasteiger partial charge in [-0.25, -0.2) is 9.97 Å². The lowest BCUT2D eigenvalue weighted by atomic mass is 9.77. The maximum Gasteiger partial charge on any atom is 0.249 e. The van der Waals surface area contributed by atoms with Gasteiger partial charge in [0.15, 0.2) is 5.75 Å². The first-order chi connectivity index (χ1) is 24.4. The molecule has 3 heterocycles. The zero-order chi connectivity index (χ0) is 36.7. The lowest BCUT2D eigenvalue weighted by molar-refractivity contribution is -0.137. The topological polar surface area (TPSA) is 168 Å². The van der Waals surface area contributed by atoms with Crippen LogP contribution in [-0.4, -0.2) is 71.5 Å². The molecule has 2 aromatic carbocycles. The van der Waals surface area contributed by atoms with Crippen molar-refractivity contribution in [1.82, 2.24) is 36.2 Å². The molecular formula is C36H43Cl3N8O5. The number of hydrogen-bond donors (Lipinski definition) is 5. The summed E-state index contributed by atoms with van der Waals surface area (Å²) in [5, 5.41) is 15.9. The van der Waals surface area contributed by atoms with Gasteiger partial charge in [0, 0.05) is 23.3 Å². The average molecular weight is 774 g/mol. The first kappa shape index (κ1) is 40.5. The number of fused-ring (bicyclic) bond motifs is 1. The minimum atomic E-state index is -1.07. The number of ether oxygens (including phenoxy) is 2. The third-order valence-electron chi connectivity index (χ3n) is 8.81. The predicted octanol–water partition coefficient (Wildman–Crippen LogP) is 5.14. The fraction of sp³-hybridized carbons (Fsp3) is 0.389. The molecule has 1 saturated heterocycles. The lowest BCUT2D eigenvalue weighted by Crippen LogP contribution is -2.59. The highest BCUT2D eigenvalue weighted by molar-refractivity contribution is 6.37. The second-order valence-electron chi connectivity index (χ2n) is 13.0. The Bertz CT molecular complexity index is 1870. The van der Waals surface area contributed by atoms with Crippen LogP contribution in [0.2, 0.25) is 10.0 Å². The largest absolute Gasteiger partial charge is 0.496 e. The van der Waals surface area contributed by atoms with Gasteiger partial charge in [-0.05, 0) is 81.1 Å². The van der Waals surface area contributed by atoms with Crippen LogP contribution in [-0.2, 0) is 27.4 Å². The van der Waals surface area contributed by atoms with Crippen molar-refractivity contribution < 1.29 is 23.9 Å². The van der Waals surface area contributed by atoms with Gasteiger partial charge < -0.3 is 30.7 Å². The zero-order valence-corrected chi connectivity index (χ0v) is 31.8. The quantitative estimate of drug-likeness (QED) is 0.115. The van der Waals surface area contributed by atoms with E-state index >= 15 is 0 Å². The molecule has 278 valence electrons.